The summed E-state index contributed by atoms with van der Waals surface area (Å²) in [5.74, 6) is 2.99. The van der Waals surface area contributed by atoms with Crippen molar-refractivity contribution in [1.82, 2.24) is 9.97 Å². The van der Waals surface area contributed by atoms with Crippen LogP contribution < -0.4 is 24.3 Å². The second-order valence-corrected chi connectivity index (χ2v) is 7.11. The van der Waals surface area contributed by atoms with E-state index in [9.17, 15) is 0 Å². The van der Waals surface area contributed by atoms with Gasteiger partial charge in [0.25, 0.3) is 0 Å². The Labute approximate surface area is 175 Å². The average molecular weight is 467 g/mol. The predicted octanol–water partition coefficient (Wildman–Crippen LogP) is 4.93. The predicted molar refractivity (Wildman–Crippen MR) is 111 cm³/mol. The number of hydrogen-bond acceptors (Lipinski definition) is 7. The zero-order valence-corrected chi connectivity index (χ0v) is 17.3. The first-order valence-electron chi connectivity index (χ1n) is 8.58. The molecule has 9 heteroatoms. The number of nitrogens with one attached hydrogen (secondary N) is 1. The van der Waals surface area contributed by atoms with Gasteiger partial charge in [0.2, 0.25) is 6.79 Å². The maximum atomic E-state index is 6.37. The van der Waals surface area contributed by atoms with Gasteiger partial charge in [-0.3, -0.25) is 0 Å². The lowest BCUT2D eigenvalue weighted by Gasteiger charge is -2.15. The van der Waals surface area contributed by atoms with Crippen LogP contribution in [0.15, 0.2) is 30.6 Å². The number of methoxy groups -OCH3 is 1. The number of alkyl halides is 1. The van der Waals surface area contributed by atoms with E-state index in [0.717, 1.165) is 17.1 Å². The molecule has 1 aliphatic heterocycles. The van der Waals surface area contributed by atoms with Crippen molar-refractivity contribution >= 4 is 49.9 Å². The summed E-state index contributed by atoms with van der Waals surface area (Å²) in [4.78, 5) is 8.73. The minimum Gasteiger partial charge on any atom is -0.493 e. The number of fused-ring (bicyclic) bond motifs is 2. The Morgan fingerprint density at radius 3 is 2.93 bits per heavy atom. The Morgan fingerprint density at radius 2 is 2.11 bits per heavy atom. The monoisotopic (exact) mass is 465 g/mol. The van der Waals surface area contributed by atoms with Crippen molar-refractivity contribution in [2.24, 2.45) is 0 Å². The molecule has 0 amide bonds. The van der Waals surface area contributed by atoms with Gasteiger partial charge in [-0.1, -0.05) is 27.5 Å². The number of ether oxygens (including phenoxy) is 4. The molecule has 0 fully saturated rings. The molecular weight excluding hydrogens is 450 g/mol. The van der Waals surface area contributed by atoms with Crippen molar-refractivity contribution in [3.05, 3.63) is 35.6 Å². The van der Waals surface area contributed by atoms with Crippen LogP contribution in [0, 0.1) is 0 Å². The molecule has 0 spiro atoms. The van der Waals surface area contributed by atoms with Gasteiger partial charge < -0.3 is 24.3 Å². The molecule has 0 bridgehead atoms. The van der Waals surface area contributed by atoms with Gasteiger partial charge in [-0.25, -0.2) is 9.97 Å². The fourth-order valence-corrected chi connectivity index (χ4v) is 3.28. The van der Waals surface area contributed by atoms with E-state index in [4.69, 9.17) is 30.5 Å². The minimum absolute atomic E-state index is 0.151. The number of nitrogens with zero attached hydrogens (tertiary/aromatic N) is 2. The van der Waals surface area contributed by atoms with E-state index in [1.54, 1.807) is 19.2 Å². The molecule has 1 aliphatic rings. The molecule has 2 aromatic carbocycles. The number of benzene rings is 2. The molecule has 1 N–H and O–H groups in total. The van der Waals surface area contributed by atoms with Crippen molar-refractivity contribution < 1.29 is 18.9 Å². The molecule has 7 nitrogen and oxygen atoms in total. The number of rotatable bonds is 7. The van der Waals surface area contributed by atoms with E-state index in [1.807, 2.05) is 12.1 Å². The van der Waals surface area contributed by atoms with Crippen LogP contribution in [0.4, 0.5) is 11.5 Å². The lowest BCUT2D eigenvalue weighted by molar-refractivity contribution is 0.174. The number of anilines is 2. The normalized spacial score (nSPS) is 12.2. The highest BCUT2D eigenvalue weighted by atomic mass is 79.9. The molecule has 1 aromatic heterocycles. The summed E-state index contributed by atoms with van der Waals surface area (Å²) in [6.45, 7) is 0.726. The quantitative estimate of drug-likeness (QED) is 0.391. The van der Waals surface area contributed by atoms with Crippen molar-refractivity contribution in [1.29, 1.82) is 0 Å². The van der Waals surface area contributed by atoms with Crippen molar-refractivity contribution in [3.63, 3.8) is 0 Å². The Bertz CT molecular complexity index is 1020. The van der Waals surface area contributed by atoms with E-state index >= 15 is 0 Å². The maximum absolute atomic E-state index is 6.37. The molecule has 146 valence electrons. The van der Waals surface area contributed by atoms with Gasteiger partial charge in [0.1, 0.15) is 17.8 Å². The van der Waals surface area contributed by atoms with Gasteiger partial charge in [-0.15, -0.1) is 0 Å². The van der Waals surface area contributed by atoms with Crippen LogP contribution in [-0.4, -0.2) is 35.8 Å². The van der Waals surface area contributed by atoms with Crippen LogP contribution in [0.5, 0.6) is 23.0 Å². The first-order valence-corrected chi connectivity index (χ1v) is 10.1. The summed E-state index contributed by atoms with van der Waals surface area (Å²) < 4.78 is 22.3. The smallest absolute Gasteiger partial charge is 0.231 e. The SMILES string of the molecule is COc1cc2c(Nc3c(Cl)ccc4c3OCO4)ncnc2cc1OCCCBr. The standard InChI is InChI=1S/C19H17BrClN3O4/c1-25-15-7-11-13(8-16(15)26-6-2-5-20)22-9-23-19(11)24-17-12(21)3-4-14-18(17)28-10-27-14/h3-4,7-9H,2,5-6,10H2,1H3,(H,22,23,24). The van der Waals surface area contributed by atoms with Crippen LogP contribution in [0.1, 0.15) is 6.42 Å². The molecule has 0 saturated heterocycles. The molecule has 3 aromatic rings. The molecule has 0 saturated carbocycles. The Morgan fingerprint density at radius 1 is 1.21 bits per heavy atom. The number of aromatic nitrogens is 2. The van der Waals surface area contributed by atoms with Gasteiger partial charge in [0.05, 0.1) is 24.3 Å². The van der Waals surface area contributed by atoms with Gasteiger partial charge in [0.15, 0.2) is 23.0 Å². The second kappa shape index (κ2) is 8.28. The number of hydrogen-bond donors (Lipinski definition) is 1. The van der Waals surface area contributed by atoms with E-state index in [0.29, 0.717) is 51.6 Å². The minimum atomic E-state index is 0.151. The van der Waals surface area contributed by atoms with Crippen molar-refractivity contribution in [2.75, 3.05) is 31.2 Å². The summed E-state index contributed by atoms with van der Waals surface area (Å²) in [5, 5.41) is 5.38. The first-order chi connectivity index (χ1) is 13.7. The Balaban J connectivity index is 1.74. The summed E-state index contributed by atoms with van der Waals surface area (Å²) in [7, 11) is 1.60. The topological polar surface area (TPSA) is 74.7 Å². The molecule has 0 atom stereocenters. The molecule has 0 aliphatic carbocycles. The van der Waals surface area contributed by atoms with E-state index in [2.05, 4.69) is 31.2 Å². The van der Waals surface area contributed by atoms with Crippen LogP contribution in [0.3, 0.4) is 0 Å². The van der Waals surface area contributed by atoms with Gasteiger partial charge in [-0.2, -0.15) is 0 Å². The van der Waals surface area contributed by atoms with Crippen LogP contribution in [0.2, 0.25) is 5.02 Å². The van der Waals surface area contributed by atoms with Crippen LogP contribution in [-0.2, 0) is 0 Å². The van der Waals surface area contributed by atoms with Crippen molar-refractivity contribution in [2.45, 2.75) is 6.42 Å². The van der Waals surface area contributed by atoms with Gasteiger partial charge in [0, 0.05) is 16.8 Å². The zero-order valence-electron chi connectivity index (χ0n) is 15.0. The maximum Gasteiger partial charge on any atom is 0.231 e. The van der Waals surface area contributed by atoms with Crippen LogP contribution in [0.25, 0.3) is 10.9 Å². The lowest BCUT2D eigenvalue weighted by atomic mass is 10.2. The highest BCUT2D eigenvalue weighted by Gasteiger charge is 2.22. The fraction of sp³-hybridized carbons (Fsp3) is 0.263. The van der Waals surface area contributed by atoms with E-state index in [1.165, 1.54) is 6.33 Å². The molecule has 4 rings (SSSR count). The molecule has 28 heavy (non-hydrogen) atoms. The third-order valence-electron chi connectivity index (χ3n) is 4.19. The summed E-state index contributed by atoms with van der Waals surface area (Å²) in [6.07, 6.45) is 2.37. The zero-order chi connectivity index (χ0) is 19.5. The fourth-order valence-electron chi connectivity index (χ4n) is 2.86. The molecular formula is C19H17BrClN3O4. The average Bonchev–Trinajstić information content (AvgIpc) is 3.19. The first kappa shape index (κ1) is 18.9. The van der Waals surface area contributed by atoms with Gasteiger partial charge in [-0.05, 0) is 24.6 Å². The molecule has 0 unspecified atom stereocenters. The second-order valence-electron chi connectivity index (χ2n) is 5.91. The van der Waals surface area contributed by atoms with Crippen LogP contribution >= 0.6 is 27.5 Å². The molecule has 2 heterocycles. The highest BCUT2D eigenvalue weighted by molar-refractivity contribution is 9.09. The van der Waals surface area contributed by atoms with Crippen molar-refractivity contribution in [3.8, 4) is 23.0 Å². The summed E-state index contributed by atoms with van der Waals surface area (Å²) in [5.41, 5.74) is 1.31. The third-order valence-corrected chi connectivity index (χ3v) is 5.06. The molecule has 0 radical (unpaired) electrons. The highest BCUT2D eigenvalue weighted by Crippen LogP contribution is 2.45. The lowest BCUT2D eigenvalue weighted by Crippen LogP contribution is -2.02. The van der Waals surface area contributed by atoms with E-state index < -0.39 is 0 Å². The largest absolute Gasteiger partial charge is 0.493 e. The third kappa shape index (κ3) is 3.62. The Kier molecular flexibility index (Phi) is 5.59. The number of halogens is 2. The van der Waals surface area contributed by atoms with E-state index in [-0.39, 0.29) is 6.79 Å². The van der Waals surface area contributed by atoms with Gasteiger partial charge >= 0.3 is 0 Å². The summed E-state index contributed by atoms with van der Waals surface area (Å²) in [6, 6.07) is 7.20. The summed E-state index contributed by atoms with van der Waals surface area (Å²) >= 11 is 9.77. The Hall–Kier alpha value is -2.45.